The number of nitrogens with one attached hydrogen (secondary N) is 1. The second-order valence-corrected chi connectivity index (χ2v) is 14.1. The molecule has 0 aliphatic rings. The van der Waals surface area contributed by atoms with Crippen LogP contribution in [0.4, 0.5) is 0 Å². The number of rotatable bonds is 37. The molecule has 4 N–H and O–H groups in total. The van der Waals surface area contributed by atoms with Gasteiger partial charge in [0, 0.05) is 12.8 Å². The number of carbonyl (C=O) groups excluding carboxylic acids is 2. The van der Waals surface area contributed by atoms with E-state index in [2.05, 4.69) is 31.3 Å². The van der Waals surface area contributed by atoms with Crippen LogP contribution in [-0.2, 0) is 19.1 Å². The molecule has 2 unspecified atom stereocenters. The number of carboxylic acids is 1. The summed E-state index contributed by atoms with van der Waals surface area (Å²) in [6.45, 7) is 4.92. The second-order valence-electron chi connectivity index (χ2n) is 14.1. The van der Waals surface area contributed by atoms with Crippen LogP contribution in [0.25, 0.3) is 0 Å². The molecule has 0 fully saturated rings. The van der Waals surface area contributed by atoms with Gasteiger partial charge in [0.15, 0.2) is 0 Å². The van der Waals surface area contributed by atoms with Crippen LogP contribution >= 0.6 is 0 Å². The number of unbranched alkanes of at least 4 members (excludes halogenated alkanes) is 21. The molecule has 0 saturated carbocycles. The molecule has 7 heteroatoms. The zero-order valence-corrected chi connectivity index (χ0v) is 31.6. The summed E-state index contributed by atoms with van der Waals surface area (Å²) < 4.78 is 6.02. The molecule has 2 atom stereocenters. The van der Waals surface area contributed by atoms with Crippen molar-refractivity contribution in [2.24, 2.45) is 5.73 Å². The number of aliphatic carboxylic acids is 1. The third kappa shape index (κ3) is 32.6. The average Bonchev–Trinajstić information content (AvgIpc) is 3.07. The van der Waals surface area contributed by atoms with Crippen molar-refractivity contribution in [1.29, 1.82) is 0 Å². The van der Waals surface area contributed by atoms with E-state index >= 15 is 0 Å². The Hall–Kier alpha value is -1.89. The van der Waals surface area contributed by atoms with Gasteiger partial charge in [0.2, 0.25) is 5.91 Å². The molecule has 0 aromatic carbocycles. The normalized spacial score (nSPS) is 12.7. The summed E-state index contributed by atoms with van der Waals surface area (Å²) in [5.41, 5.74) is 5.48. The van der Waals surface area contributed by atoms with Gasteiger partial charge in [-0.1, -0.05) is 135 Å². The van der Waals surface area contributed by atoms with Crippen molar-refractivity contribution in [1.82, 2.24) is 5.32 Å². The van der Waals surface area contributed by atoms with Crippen molar-refractivity contribution in [2.45, 2.75) is 225 Å². The Kier molecular flexibility index (Phi) is 35.0. The molecule has 0 aromatic rings. The van der Waals surface area contributed by atoms with Crippen molar-refractivity contribution in [3.63, 3.8) is 0 Å². The van der Waals surface area contributed by atoms with Crippen LogP contribution in [0.5, 0.6) is 0 Å². The Balaban J connectivity index is 4.30. The van der Waals surface area contributed by atoms with E-state index in [0.717, 1.165) is 64.2 Å². The number of hydrogen-bond acceptors (Lipinski definition) is 5. The van der Waals surface area contributed by atoms with Crippen molar-refractivity contribution in [3.8, 4) is 0 Å². The van der Waals surface area contributed by atoms with Crippen molar-refractivity contribution in [2.75, 3.05) is 6.54 Å². The Labute approximate surface area is 296 Å². The fourth-order valence-electron chi connectivity index (χ4n) is 6.21. The molecule has 1 amide bonds. The van der Waals surface area contributed by atoms with Crippen LogP contribution in [-0.4, -0.2) is 41.6 Å². The molecule has 0 rings (SSSR count). The monoisotopic (exact) mass is 679 g/mol. The van der Waals surface area contributed by atoms with E-state index in [0.29, 0.717) is 32.2 Å². The topological polar surface area (TPSA) is 119 Å². The van der Waals surface area contributed by atoms with Gasteiger partial charge in [0.05, 0.1) is 0 Å². The quantitative estimate of drug-likeness (QED) is 0.0342. The Morgan fingerprint density at radius 3 is 1.54 bits per heavy atom. The van der Waals surface area contributed by atoms with Gasteiger partial charge < -0.3 is 20.9 Å². The van der Waals surface area contributed by atoms with Crippen LogP contribution in [0.2, 0.25) is 0 Å². The summed E-state index contributed by atoms with van der Waals surface area (Å²) in [6, 6.07) is -0.853. The lowest BCUT2D eigenvalue weighted by atomic mass is 10.0. The van der Waals surface area contributed by atoms with E-state index in [4.69, 9.17) is 10.5 Å². The first-order valence-corrected chi connectivity index (χ1v) is 20.5. The van der Waals surface area contributed by atoms with E-state index < -0.39 is 12.0 Å². The highest BCUT2D eigenvalue weighted by molar-refractivity contribution is 5.83. The molecule has 0 aliphatic carbocycles. The first kappa shape index (κ1) is 46.1. The van der Waals surface area contributed by atoms with E-state index in [1.165, 1.54) is 109 Å². The third-order valence-corrected chi connectivity index (χ3v) is 9.33. The predicted molar refractivity (Wildman–Crippen MR) is 202 cm³/mol. The van der Waals surface area contributed by atoms with E-state index in [9.17, 15) is 19.5 Å². The van der Waals surface area contributed by atoms with E-state index in [1.54, 1.807) is 0 Å². The van der Waals surface area contributed by atoms with Crippen molar-refractivity contribution >= 4 is 17.8 Å². The van der Waals surface area contributed by atoms with Gasteiger partial charge in [0.1, 0.15) is 12.1 Å². The Morgan fingerprint density at radius 2 is 1.02 bits per heavy atom. The maximum absolute atomic E-state index is 12.7. The molecule has 0 aromatic heterocycles. The number of nitrogens with two attached hydrogens (primary N) is 1. The van der Waals surface area contributed by atoms with Gasteiger partial charge in [-0.2, -0.15) is 0 Å². The van der Waals surface area contributed by atoms with E-state index in [-0.39, 0.29) is 18.0 Å². The molecule has 282 valence electrons. The molecule has 0 heterocycles. The van der Waals surface area contributed by atoms with Gasteiger partial charge in [0.25, 0.3) is 0 Å². The summed E-state index contributed by atoms with van der Waals surface area (Å²) in [4.78, 5) is 36.2. The lowest BCUT2D eigenvalue weighted by Gasteiger charge is -2.18. The standard InChI is InChI=1S/C41H78N2O5/c1-3-5-7-9-11-13-15-16-18-20-25-29-35-40(45)48-37(31-26-22-19-17-14-12-10-8-6-4-2)32-27-23-21-24-28-34-39(44)43-38(41(46)47)33-30-36-42/h11,13,37-38H,3-10,12,14-36,42H2,1-2H3,(H,43,44)(H,46,47)/b13-11-. The van der Waals surface area contributed by atoms with E-state index in [1.807, 2.05) is 0 Å². The summed E-state index contributed by atoms with van der Waals surface area (Å²) in [7, 11) is 0. The number of esters is 1. The zero-order chi connectivity index (χ0) is 35.3. The molecular weight excluding hydrogens is 600 g/mol. The van der Waals surface area contributed by atoms with Crippen molar-refractivity contribution < 1.29 is 24.2 Å². The highest BCUT2D eigenvalue weighted by Crippen LogP contribution is 2.19. The number of hydrogen-bond donors (Lipinski definition) is 3. The van der Waals surface area contributed by atoms with Gasteiger partial charge >= 0.3 is 11.9 Å². The third-order valence-electron chi connectivity index (χ3n) is 9.33. The van der Waals surface area contributed by atoms with Gasteiger partial charge in [-0.25, -0.2) is 4.79 Å². The minimum Gasteiger partial charge on any atom is -0.480 e. The number of ether oxygens (including phenoxy) is 1. The Morgan fingerprint density at radius 1 is 0.583 bits per heavy atom. The number of amides is 1. The maximum atomic E-state index is 12.7. The summed E-state index contributed by atoms with van der Waals surface area (Å²) in [5, 5.41) is 11.9. The second kappa shape index (κ2) is 36.4. The average molecular weight is 679 g/mol. The van der Waals surface area contributed by atoms with Crippen molar-refractivity contribution in [3.05, 3.63) is 12.2 Å². The lowest BCUT2D eigenvalue weighted by Crippen LogP contribution is -2.40. The molecular formula is C41H78N2O5. The fraction of sp³-hybridized carbons (Fsp3) is 0.878. The molecule has 48 heavy (non-hydrogen) atoms. The minimum atomic E-state index is -1.00. The molecule has 0 saturated heterocycles. The number of carbonyl (C=O) groups is 3. The SMILES string of the molecule is CCCCC/C=C\CCCCCCCC(=O)OC(CCCCCCCCCCCC)CCCCCCCC(=O)NC(CCCN)C(=O)O. The maximum Gasteiger partial charge on any atom is 0.326 e. The summed E-state index contributed by atoms with van der Waals surface area (Å²) in [6.07, 6.45) is 38.2. The van der Waals surface area contributed by atoms with Crippen LogP contribution in [0.1, 0.15) is 213 Å². The number of carboxylic acid groups (broad SMARTS) is 1. The highest BCUT2D eigenvalue weighted by Gasteiger charge is 2.19. The molecule has 0 spiro atoms. The lowest BCUT2D eigenvalue weighted by molar-refractivity contribution is -0.150. The van der Waals surface area contributed by atoms with Gasteiger partial charge in [-0.3, -0.25) is 9.59 Å². The Bertz CT molecular complexity index is 772. The highest BCUT2D eigenvalue weighted by atomic mass is 16.5. The van der Waals surface area contributed by atoms with Crippen LogP contribution in [0, 0.1) is 0 Å². The van der Waals surface area contributed by atoms with Crippen LogP contribution in [0.15, 0.2) is 12.2 Å². The largest absolute Gasteiger partial charge is 0.480 e. The molecule has 0 radical (unpaired) electrons. The first-order chi connectivity index (χ1) is 23.4. The molecule has 0 bridgehead atoms. The minimum absolute atomic E-state index is 0.0166. The number of allylic oxidation sites excluding steroid dienone is 2. The van der Waals surface area contributed by atoms with Gasteiger partial charge in [-0.05, 0) is 83.6 Å². The summed E-state index contributed by atoms with van der Waals surface area (Å²) in [5.74, 6) is -1.23. The predicted octanol–water partition coefficient (Wildman–Crippen LogP) is 11.1. The summed E-state index contributed by atoms with van der Waals surface area (Å²) >= 11 is 0. The van der Waals surface area contributed by atoms with Crippen LogP contribution in [0.3, 0.4) is 0 Å². The zero-order valence-electron chi connectivity index (χ0n) is 31.6. The first-order valence-electron chi connectivity index (χ1n) is 20.5. The molecule has 7 nitrogen and oxygen atoms in total. The van der Waals surface area contributed by atoms with Gasteiger partial charge in [-0.15, -0.1) is 0 Å². The smallest absolute Gasteiger partial charge is 0.326 e. The fourth-order valence-corrected chi connectivity index (χ4v) is 6.21. The van der Waals surface area contributed by atoms with Crippen LogP contribution < -0.4 is 11.1 Å². The molecule has 0 aliphatic heterocycles.